The van der Waals surface area contributed by atoms with Crippen molar-refractivity contribution in [3.8, 4) is 58.0 Å². The number of carboxylic acids is 5. The van der Waals surface area contributed by atoms with E-state index < -0.39 is 47.5 Å². The Labute approximate surface area is 832 Å². The number of halogens is 8. The summed E-state index contributed by atoms with van der Waals surface area (Å²) in [6.07, 6.45) is -4.47. The van der Waals surface area contributed by atoms with Crippen LogP contribution in [0.5, 0.6) is 5.75 Å². The van der Waals surface area contributed by atoms with E-state index in [1.807, 2.05) is 176 Å². The van der Waals surface area contributed by atoms with Gasteiger partial charge in [0.05, 0.1) is 86.4 Å². The number of amides is 5. The third-order valence-corrected chi connectivity index (χ3v) is 29.1. The predicted octanol–water partition coefficient (Wildman–Crippen LogP) is 28.0. The summed E-state index contributed by atoms with van der Waals surface area (Å²) in [7, 11) is 0. The fourth-order valence-electron chi connectivity index (χ4n) is 11.9. The summed E-state index contributed by atoms with van der Waals surface area (Å²) >= 11 is 36.4. The molecular formula is C96H69Br2Cl3F3N5O16S9. The molecule has 0 radical (unpaired) electrons. The molecule has 15 aromatic rings. The Morgan fingerprint density at radius 3 is 0.940 bits per heavy atom. The highest BCUT2D eigenvalue weighted by Gasteiger charge is 2.32. The zero-order chi connectivity index (χ0) is 96.0. The first-order valence-electron chi connectivity index (χ1n) is 38.9. The second-order valence-electron chi connectivity index (χ2n) is 27.2. The van der Waals surface area contributed by atoms with E-state index in [1.54, 1.807) is 88.3 Å². The molecule has 38 heteroatoms. The largest absolute Gasteiger partial charge is 0.484 e. The van der Waals surface area contributed by atoms with Crippen molar-refractivity contribution in [3.05, 3.63) is 351 Å². The van der Waals surface area contributed by atoms with Gasteiger partial charge >= 0.3 is 36.0 Å². The van der Waals surface area contributed by atoms with Gasteiger partial charge in [-0.05, 0) is 132 Å². The Balaban J connectivity index is 0.000000161. The molecule has 0 aliphatic rings. The maximum absolute atomic E-state index is 12.7. The summed E-state index contributed by atoms with van der Waals surface area (Å²) in [6, 6.07) is 77.6. The number of rotatable bonds is 30. The molecule has 0 fully saturated rings. The molecule has 0 spiro atoms. The lowest BCUT2D eigenvalue weighted by molar-refractivity contribution is -0.137. The Morgan fingerprint density at radius 1 is 0.328 bits per heavy atom. The van der Waals surface area contributed by atoms with Crippen molar-refractivity contribution in [2.75, 3.05) is 56.2 Å². The Hall–Kier alpha value is -11.8. The number of carbonyl (C=O) groups is 10. The van der Waals surface area contributed by atoms with Crippen LogP contribution in [0.25, 0.3) is 52.2 Å². The molecule has 0 atom stereocenters. The molecule has 0 saturated carbocycles. The van der Waals surface area contributed by atoms with E-state index in [4.69, 9.17) is 39.5 Å². The van der Waals surface area contributed by atoms with Gasteiger partial charge in [0.25, 0.3) is 5.91 Å². The zero-order valence-corrected chi connectivity index (χ0v) is 81.5. The van der Waals surface area contributed by atoms with Gasteiger partial charge in [0.2, 0.25) is 23.6 Å². The van der Waals surface area contributed by atoms with E-state index in [-0.39, 0.29) is 103 Å². The highest BCUT2D eigenvalue weighted by Crippen LogP contribution is 2.45. The molecule has 5 amide bonds. The lowest BCUT2D eigenvalue weighted by Crippen LogP contribution is -2.21. The van der Waals surface area contributed by atoms with Gasteiger partial charge in [-0.3, -0.25) is 24.0 Å². The number of aromatic carboxylic acids is 5. The standard InChI is InChI=1S/C20H14F3NO3S2.2C19H14BrNO3S2.C19H13Cl2NO3S2.C19H14ClNO4S/c21-20(22,23)13-8-6-12(7-9-13)18-17(19(26)27)15(10-29-18)24-16(25)11-28-14-4-2-1-3-5-14;20-14-9-5-4-8-13(14)18-17(19(23)24)15(10-26-18)21-16(22)11-25-12-6-2-1-3-7-12;20-13-8-6-12(7-9-13)18-17(19(23)24)15(10-26-18)21-16(22)11-25-14-4-2-1-3-5-14;20-11-6-7-13(14(21)8-11)18-17(19(24)25)15(9-27-18)22-16(23)10-26-12-4-2-1-3-5-12;20-13-8-6-12(7-9-13)18-17(19(23)24)15(11-26-18)21-16(22)10-25-14-4-2-1-3-5-14/h1-10H,11H2,(H,24,25)(H,26,27);2*1-10H,11H2,(H,21,22)(H,23,24);1-9H,10H2,(H,22,23)(H,24,25);1-9,11H,10H2,(H,21,22)(H,23,24). The predicted molar refractivity (Wildman–Crippen MR) is 543 cm³/mol. The number of thioether (sulfide) groups is 4. The van der Waals surface area contributed by atoms with Crippen LogP contribution in [0.15, 0.2) is 322 Å². The molecule has 15 rings (SSSR count). The van der Waals surface area contributed by atoms with Crippen LogP contribution in [0.2, 0.25) is 15.1 Å². The van der Waals surface area contributed by atoms with Crippen molar-refractivity contribution >= 4 is 258 Å². The smallest absolute Gasteiger partial charge is 0.416 e. The normalized spacial score (nSPS) is 10.7. The van der Waals surface area contributed by atoms with Crippen molar-refractivity contribution in [2.45, 2.75) is 25.8 Å². The second-order valence-corrected chi connectivity index (χ2v) is 38.9. The number of para-hydroxylation sites is 1. The summed E-state index contributed by atoms with van der Waals surface area (Å²) in [5.41, 5.74) is 3.81. The molecule has 0 unspecified atom stereocenters. The molecular weight excluding hydrogens is 2090 g/mol. The van der Waals surface area contributed by atoms with Crippen molar-refractivity contribution < 1.29 is 91.4 Å². The summed E-state index contributed by atoms with van der Waals surface area (Å²) in [6.45, 7) is -0.213. The van der Waals surface area contributed by atoms with Gasteiger partial charge in [-0.25, -0.2) is 24.0 Å². The molecule has 0 aliphatic heterocycles. The average molecular weight is 2160 g/mol. The minimum absolute atomic E-state index is 0.0160. The Kier molecular flexibility index (Phi) is 38.7. The lowest BCUT2D eigenvalue weighted by atomic mass is 10.1. The minimum Gasteiger partial charge on any atom is -0.484 e. The summed E-state index contributed by atoms with van der Waals surface area (Å²) in [4.78, 5) is 126. The van der Waals surface area contributed by atoms with Crippen LogP contribution < -0.4 is 31.3 Å². The quantitative estimate of drug-likeness (QED) is 0.0187. The van der Waals surface area contributed by atoms with E-state index in [9.17, 15) is 86.6 Å². The molecule has 134 heavy (non-hydrogen) atoms. The van der Waals surface area contributed by atoms with Gasteiger partial charge in [0.1, 0.15) is 33.6 Å². The highest BCUT2D eigenvalue weighted by atomic mass is 79.9. The molecule has 5 aromatic heterocycles. The van der Waals surface area contributed by atoms with Crippen molar-refractivity contribution in [1.82, 2.24) is 0 Å². The van der Waals surface area contributed by atoms with Crippen molar-refractivity contribution in [3.63, 3.8) is 0 Å². The number of anilines is 5. The molecule has 5 heterocycles. The zero-order valence-electron chi connectivity index (χ0n) is 68.8. The summed E-state index contributed by atoms with van der Waals surface area (Å²) in [5.74, 6) is -5.95. The van der Waals surface area contributed by atoms with Crippen LogP contribution in [-0.4, -0.2) is 115 Å². The van der Waals surface area contributed by atoms with Crippen molar-refractivity contribution in [1.29, 1.82) is 0 Å². The number of hydrogen-bond donors (Lipinski definition) is 10. The SMILES string of the molecule is O=C(COc1ccccc1)Nc1csc(-c2ccc(Cl)cc2)c1C(=O)O.O=C(CSc1ccccc1)Nc1csc(-c2ccc(Br)cc2)c1C(=O)O.O=C(CSc1ccccc1)Nc1csc(-c2ccc(C(F)(F)F)cc2)c1C(=O)O.O=C(CSc1ccccc1)Nc1csc(-c2ccc(Cl)cc2Cl)c1C(=O)O.O=C(CSc1ccccc1)Nc1csc(-c2ccccc2Br)c1C(=O)O. The Morgan fingerprint density at radius 2 is 0.612 bits per heavy atom. The minimum atomic E-state index is -4.47. The molecule has 10 aromatic carbocycles. The molecule has 0 aliphatic carbocycles. The third-order valence-electron chi connectivity index (χ3n) is 17.9. The maximum Gasteiger partial charge on any atom is 0.416 e. The summed E-state index contributed by atoms with van der Waals surface area (Å²) in [5, 5.41) is 70.8. The number of alkyl halides is 3. The second kappa shape index (κ2) is 50.5. The number of benzene rings is 10. The molecule has 21 nitrogen and oxygen atoms in total. The molecule has 0 saturated heterocycles. The first kappa shape index (κ1) is 103. The topological polar surface area (TPSA) is 341 Å². The number of nitrogens with one attached hydrogen (secondary N) is 5. The first-order chi connectivity index (χ1) is 64.3. The van der Waals surface area contributed by atoms with E-state index in [0.29, 0.717) is 62.8 Å². The van der Waals surface area contributed by atoms with Crippen molar-refractivity contribution in [2.24, 2.45) is 0 Å². The van der Waals surface area contributed by atoms with E-state index in [2.05, 4.69) is 58.4 Å². The van der Waals surface area contributed by atoms with Crippen LogP contribution in [0.4, 0.5) is 41.6 Å². The third kappa shape index (κ3) is 30.1. The van der Waals surface area contributed by atoms with E-state index in [1.165, 1.54) is 110 Å². The average Bonchev–Trinajstić information content (AvgIpc) is 1.68. The van der Waals surface area contributed by atoms with Gasteiger partial charge in [-0.1, -0.05) is 218 Å². The fourth-order valence-corrected chi connectivity index (χ4v) is 21.4. The number of carboxylic acid groups (broad SMARTS) is 5. The van der Waals surface area contributed by atoms with Gasteiger partial charge in [-0.15, -0.1) is 104 Å². The number of carbonyl (C=O) groups excluding carboxylic acids is 5. The molecule has 684 valence electrons. The number of thiophene rings is 5. The number of ether oxygens (including phenoxy) is 1. The van der Waals surface area contributed by atoms with Crippen LogP contribution in [-0.2, 0) is 30.1 Å². The van der Waals surface area contributed by atoms with Gasteiger partial charge < -0.3 is 56.9 Å². The fraction of sp³-hybridized carbons (Fsp3) is 0.0625. The maximum atomic E-state index is 12.7. The highest BCUT2D eigenvalue weighted by molar-refractivity contribution is 9.10. The van der Waals surface area contributed by atoms with E-state index >= 15 is 0 Å². The van der Waals surface area contributed by atoms with Crippen LogP contribution in [0.3, 0.4) is 0 Å². The van der Waals surface area contributed by atoms with Gasteiger partial charge in [0.15, 0.2) is 6.61 Å². The van der Waals surface area contributed by atoms with E-state index in [0.717, 1.165) is 68.7 Å². The van der Waals surface area contributed by atoms with Gasteiger partial charge in [0, 0.05) is 76.6 Å². The first-order valence-corrected chi connectivity index (χ1v) is 49.9. The molecule has 0 bridgehead atoms. The number of hydrogen-bond acceptors (Lipinski definition) is 20. The van der Waals surface area contributed by atoms with Gasteiger partial charge in [-0.2, -0.15) is 13.2 Å². The molecule has 10 N–H and O–H groups in total. The monoisotopic (exact) mass is 2150 g/mol. The van der Waals surface area contributed by atoms with Crippen LogP contribution >= 0.6 is 170 Å². The van der Waals surface area contributed by atoms with Crippen LogP contribution in [0.1, 0.15) is 57.4 Å². The lowest BCUT2D eigenvalue weighted by Gasteiger charge is -2.08. The Bertz CT molecular complexity index is 6500. The van der Waals surface area contributed by atoms with Crippen LogP contribution in [0, 0.1) is 0 Å². The summed E-state index contributed by atoms with van der Waals surface area (Å²) < 4.78 is 45.3.